The van der Waals surface area contributed by atoms with Crippen LogP contribution in [0.5, 0.6) is 11.5 Å². The number of nitrogens with zero attached hydrogens (tertiary/aromatic N) is 3. The standard InChI is InChI=1S/C20H22N6O3/c1-13(27)23-15-5-4-6-16(10-15)24-20-25-19(12-22-26-20)21-11-14-7-8-17(28-2)18(9-14)29-3/h4-10,12H,11H2,1-3H3,(H,23,27)(H2,21,24,25,26). The molecular formula is C20H22N6O3. The zero-order chi connectivity index (χ0) is 20.6. The van der Waals surface area contributed by atoms with E-state index < -0.39 is 0 Å². The number of hydrogen-bond donors (Lipinski definition) is 3. The second-order valence-corrected chi connectivity index (χ2v) is 6.10. The van der Waals surface area contributed by atoms with Crippen molar-refractivity contribution in [2.75, 3.05) is 30.2 Å². The SMILES string of the molecule is COc1ccc(CNc2cnnc(Nc3cccc(NC(C)=O)c3)n2)cc1OC. The van der Waals surface area contributed by atoms with Gasteiger partial charge in [0.25, 0.3) is 0 Å². The molecule has 0 aliphatic rings. The molecule has 0 aliphatic carbocycles. The number of rotatable bonds is 8. The van der Waals surface area contributed by atoms with Gasteiger partial charge in [-0.1, -0.05) is 12.1 Å². The Labute approximate surface area is 168 Å². The van der Waals surface area contributed by atoms with Crippen molar-refractivity contribution in [1.29, 1.82) is 0 Å². The number of anilines is 4. The fourth-order valence-electron chi connectivity index (χ4n) is 2.63. The monoisotopic (exact) mass is 394 g/mol. The van der Waals surface area contributed by atoms with Crippen molar-refractivity contribution in [2.24, 2.45) is 0 Å². The second kappa shape index (κ2) is 9.36. The minimum Gasteiger partial charge on any atom is -0.493 e. The number of aromatic nitrogens is 3. The van der Waals surface area contributed by atoms with Gasteiger partial charge in [0.05, 0.1) is 20.4 Å². The van der Waals surface area contributed by atoms with Crippen LogP contribution in [0, 0.1) is 0 Å². The number of benzene rings is 2. The lowest BCUT2D eigenvalue weighted by Gasteiger charge is -2.11. The van der Waals surface area contributed by atoms with Crippen molar-refractivity contribution in [2.45, 2.75) is 13.5 Å². The largest absolute Gasteiger partial charge is 0.493 e. The van der Waals surface area contributed by atoms with E-state index in [0.29, 0.717) is 35.5 Å². The third-order valence-corrected chi connectivity index (χ3v) is 3.92. The van der Waals surface area contributed by atoms with Crippen LogP contribution in [-0.2, 0) is 11.3 Å². The van der Waals surface area contributed by atoms with Gasteiger partial charge in [-0.05, 0) is 35.9 Å². The van der Waals surface area contributed by atoms with Crippen LogP contribution in [0.4, 0.5) is 23.1 Å². The van der Waals surface area contributed by atoms with Crippen molar-refractivity contribution in [1.82, 2.24) is 15.2 Å². The van der Waals surface area contributed by atoms with Crippen LogP contribution in [0.2, 0.25) is 0 Å². The summed E-state index contributed by atoms with van der Waals surface area (Å²) in [6.07, 6.45) is 1.54. The Kier molecular flexibility index (Phi) is 6.41. The third kappa shape index (κ3) is 5.55. The van der Waals surface area contributed by atoms with Crippen LogP contribution >= 0.6 is 0 Å². The molecule has 0 atom stereocenters. The van der Waals surface area contributed by atoms with Gasteiger partial charge in [-0.2, -0.15) is 10.1 Å². The van der Waals surface area contributed by atoms with E-state index in [1.54, 1.807) is 32.5 Å². The predicted octanol–water partition coefficient (Wildman–Crippen LogP) is 3.20. The first-order valence-electron chi connectivity index (χ1n) is 8.86. The second-order valence-electron chi connectivity index (χ2n) is 6.10. The Balaban J connectivity index is 1.66. The van der Waals surface area contributed by atoms with Crippen molar-refractivity contribution in [3.8, 4) is 11.5 Å². The van der Waals surface area contributed by atoms with Crippen LogP contribution in [0.15, 0.2) is 48.7 Å². The summed E-state index contributed by atoms with van der Waals surface area (Å²) in [4.78, 5) is 15.6. The van der Waals surface area contributed by atoms with Gasteiger partial charge in [-0.25, -0.2) is 0 Å². The summed E-state index contributed by atoms with van der Waals surface area (Å²) in [5, 5.41) is 17.0. The number of carbonyl (C=O) groups excluding carboxylic acids is 1. The zero-order valence-corrected chi connectivity index (χ0v) is 16.4. The van der Waals surface area contributed by atoms with Gasteiger partial charge < -0.3 is 25.4 Å². The van der Waals surface area contributed by atoms with Crippen molar-refractivity contribution < 1.29 is 14.3 Å². The lowest BCUT2D eigenvalue weighted by atomic mass is 10.2. The first-order chi connectivity index (χ1) is 14.1. The summed E-state index contributed by atoms with van der Waals surface area (Å²) in [5.41, 5.74) is 2.41. The molecule has 3 N–H and O–H groups in total. The summed E-state index contributed by atoms with van der Waals surface area (Å²) in [6, 6.07) is 12.9. The summed E-state index contributed by atoms with van der Waals surface area (Å²) in [5.74, 6) is 2.10. The Morgan fingerprint density at radius 2 is 1.83 bits per heavy atom. The number of ether oxygens (including phenoxy) is 2. The number of methoxy groups -OCH3 is 2. The Hall–Kier alpha value is -3.88. The van der Waals surface area contributed by atoms with Crippen LogP contribution in [0.3, 0.4) is 0 Å². The van der Waals surface area contributed by atoms with E-state index in [1.165, 1.54) is 6.92 Å². The molecule has 0 saturated heterocycles. The van der Waals surface area contributed by atoms with Gasteiger partial charge in [-0.3, -0.25) is 4.79 Å². The maximum atomic E-state index is 11.2. The molecule has 2 aromatic carbocycles. The summed E-state index contributed by atoms with van der Waals surface area (Å²) >= 11 is 0. The Morgan fingerprint density at radius 1 is 1.03 bits per heavy atom. The quantitative estimate of drug-likeness (QED) is 0.534. The smallest absolute Gasteiger partial charge is 0.249 e. The number of hydrogen-bond acceptors (Lipinski definition) is 8. The molecule has 1 amide bonds. The molecule has 0 bridgehead atoms. The average molecular weight is 394 g/mol. The molecule has 150 valence electrons. The highest BCUT2D eigenvalue weighted by molar-refractivity contribution is 5.89. The Morgan fingerprint density at radius 3 is 2.59 bits per heavy atom. The molecule has 0 unspecified atom stereocenters. The van der Waals surface area contributed by atoms with Crippen LogP contribution in [0.25, 0.3) is 0 Å². The minimum absolute atomic E-state index is 0.138. The molecule has 1 heterocycles. The Bertz CT molecular complexity index is 995. The van der Waals surface area contributed by atoms with E-state index in [1.807, 2.05) is 30.3 Å². The van der Waals surface area contributed by atoms with Gasteiger partial charge in [0.1, 0.15) is 0 Å². The van der Waals surface area contributed by atoms with Crippen LogP contribution in [-0.4, -0.2) is 35.3 Å². The van der Waals surface area contributed by atoms with Crippen molar-refractivity contribution in [3.63, 3.8) is 0 Å². The molecular weight excluding hydrogens is 372 g/mol. The zero-order valence-electron chi connectivity index (χ0n) is 16.4. The molecule has 9 nitrogen and oxygen atoms in total. The summed E-state index contributed by atoms with van der Waals surface area (Å²) < 4.78 is 10.6. The highest BCUT2D eigenvalue weighted by atomic mass is 16.5. The maximum absolute atomic E-state index is 11.2. The van der Waals surface area contributed by atoms with Gasteiger partial charge in [0, 0.05) is 24.8 Å². The van der Waals surface area contributed by atoms with E-state index in [9.17, 15) is 4.79 Å². The molecule has 0 aliphatic heterocycles. The van der Waals surface area contributed by atoms with Crippen LogP contribution < -0.4 is 25.4 Å². The molecule has 0 radical (unpaired) electrons. The van der Waals surface area contributed by atoms with Gasteiger partial charge >= 0.3 is 0 Å². The highest BCUT2D eigenvalue weighted by Crippen LogP contribution is 2.27. The molecule has 0 spiro atoms. The van der Waals surface area contributed by atoms with E-state index in [2.05, 4.69) is 31.1 Å². The molecule has 0 saturated carbocycles. The third-order valence-electron chi connectivity index (χ3n) is 3.92. The molecule has 1 aromatic heterocycles. The fourth-order valence-corrected chi connectivity index (χ4v) is 2.63. The van der Waals surface area contributed by atoms with Crippen molar-refractivity contribution in [3.05, 3.63) is 54.2 Å². The topological polar surface area (TPSA) is 110 Å². The lowest BCUT2D eigenvalue weighted by Crippen LogP contribution is -2.07. The maximum Gasteiger partial charge on any atom is 0.249 e. The van der Waals surface area contributed by atoms with E-state index in [4.69, 9.17) is 9.47 Å². The predicted molar refractivity (Wildman–Crippen MR) is 111 cm³/mol. The summed E-state index contributed by atoms with van der Waals surface area (Å²) in [7, 11) is 3.20. The molecule has 3 rings (SSSR count). The molecule has 29 heavy (non-hydrogen) atoms. The first kappa shape index (κ1) is 19.9. The normalized spacial score (nSPS) is 10.2. The molecule has 3 aromatic rings. The number of carbonyl (C=O) groups is 1. The fraction of sp³-hybridized carbons (Fsp3) is 0.200. The van der Waals surface area contributed by atoms with E-state index in [0.717, 1.165) is 11.3 Å². The molecule has 9 heteroatoms. The first-order valence-corrected chi connectivity index (χ1v) is 8.86. The van der Waals surface area contributed by atoms with E-state index >= 15 is 0 Å². The van der Waals surface area contributed by atoms with E-state index in [-0.39, 0.29) is 5.91 Å². The van der Waals surface area contributed by atoms with Gasteiger partial charge in [-0.15, -0.1) is 5.10 Å². The number of nitrogens with one attached hydrogen (secondary N) is 3. The summed E-state index contributed by atoms with van der Waals surface area (Å²) in [6.45, 7) is 1.98. The molecule has 0 fully saturated rings. The van der Waals surface area contributed by atoms with Crippen LogP contribution in [0.1, 0.15) is 12.5 Å². The minimum atomic E-state index is -0.138. The number of amides is 1. The van der Waals surface area contributed by atoms with Crippen molar-refractivity contribution >= 4 is 29.0 Å². The average Bonchev–Trinajstić information content (AvgIpc) is 2.72. The lowest BCUT2D eigenvalue weighted by molar-refractivity contribution is -0.114. The van der Waals surface area contributed by atoms with Gasteiger partial charge in [0.2, 0.25) is 11.9 Å². The highest BCUT2D eigenvalue weighted by Gasteiger charge is 2.06. The van der Waals surface area contributed by atoms with Gasteiger partial charge in [0.15, 0.2) is 17.3 Å².